The van der Waals surface area contributed by atoms with E-state index in [2.05, 4.69) is 437 Å². The SMILES string of the molecule is CC(C)(C)N1C=CN(C(C)(C)C)C1.CC(C)(C)N1CCN(C(C)(C)C)C1.CC(C)(C)N1C[NH+](C(C)(C)C)c2ccccc21.Cc1cc(C)c(N2C=CN(c3c(C)cc(C)cc3C)C2)c(C)c1.Cc1cc(C)c(N2C=CN(c3c(C)cc(C)cc3C)C2)c(C)c1.Cc1cc(C)c(N2CCN(c3c(C)cc(C)cc3C)C2)c(C)c1.FB(F)F.[Cl-].[Cl-].[Cl-].[F-]. The van der Waals surface area contributed by atoms with Crippen molar-refractivity contribution in [2.45, 2.75) is 282 Å². The van der Waals surface area contributed by atoms with E-state index in [0.29, 0.717) is 11.1 Å². The highest BCUT2D eigenvalue weighted by Gasteiger charge is 2.42. The fraction of sp³-hybridized carbons (Fsp3) is 0.520. The summed E-state index contributed by atoms with van der Waals surface area (Å²) >= 11 is 0. The Balaban J connectivity index is 0.000000371. The van der Waals surface area contributed by atoms with Gasteiger partial charge >= 0.3 is 7.54 Å². The van der Waals surface area contributed by atoms with Crippen LogP contribution in [0.5, 0.6) is 0 Å². The van der Waals surface area contributed by atoms with Crippen LogP contribution < -0.4 is 81.1 Å². The van der Waals surface area contributed by atoms with Crippen molar-refractivity contribution in [1.82, 2.24) is 19.6 Å². The Hall–Kier alpha value is -7.51. The average molecular weight is 1710 g/mol. The van der Waals surface area contributed by atoms with Gasteiger partial charge in [0.1, 0.15) is 5.69 Å². The summed E-state index contributed by atoms with van der Waals surface area (Å²) in [4.78, 5) is 28.3. The first-order chi connectivity index (χ1) is 53.5. The van der Waals surface area contributed by atoms with Gasteiger partial charge in [-0.15, -0.1) is 0 Å². The second-order valence-corrected chi connectivity index (χ2v) is 39.9. The summed E-state index contributed by atoms with van der Waals surface area (Å²) in [5.74, 6) is 0. The van der Waals surface area contributed by atoms with E-state index in [9.17, 15) is 12.9 Å². The third-order valence-corrected chi connectivity index (χ3v) is 22.9. The summed E-state index contributed by atoms with van der Waals surface area (Å²) in [5.41, 5.74) is 36.8. The van der Waals surface area contributed by atoms with Crippen LogP contribution in [0, 0.1) is 125 Å². The molecular formula is C100H151BCl3F4N12-3. The lowest BCUT2D eigenvalue weighted by molar-refractivity contribution is -0.877. The van der Waals surface area contributed by atoms with Crippen molar-refractivity contribution in [3.63, 3.8) is 0 Å². The van der Waals surface area contributed by atoms with Crippen LogP contribution in [0.4, 0.5) is 58.4 Å². The first-order valence-corrected chi connectivity index (χ1v) is 42.2. The van der Waals surface area contributed by atoms with Gasteiger partial charge in [-0.2, -0.15) is 0 Å². The normalized spacial score (nSPS) is 15.8. The van der Waals surface area contributed by atoms with E-state index in [-0.39, 0.29) is 64.1 Å². The van der Waals surface area contributed by atoms with Gasteiger partial charge in [-0.1, -0.05) is 118 Å². The minimum absolute atomic E-state index is 0. The highest BCUT2D eigenvalue weighted by Crippen LogP contribution is 2.39. The van der Waals surface area contributed by atoms with Crippen molar-refractivity contribution in [2.75, 3.05) is 100 Å². The molecule has 2 saturated heterocycles. The number of benzene rings is 7. The van der Waals surface area contributed by atoms with Crippen molar-refractivity contribution >= 4 is 53.0 Å². The van der Waals surface area contributed by atoms with Crippen LogP contribution >= 0.6 is 0 Å². The van der Waals surface area contributed by atoms with Gasteiger partial charge in [0.05, 0.1) is 38.9 Å². The van der Waals surface area contributed by atoms with Gasteiger partial charge in [0.25, 0.3) is 0 Å². The Morgan fingerprint density at radius 1 is 0.292 bits per heavy atom. The average Bonchev–Trinajstić information content (AvgIpc) is 1.62. The van der Waals surface area contributed by atoms with Crippen molar-refractivity contribution in [3.05, 3.63) is 234 Å². The number of aryl methyl sites for hydroxylation is 18. The molecule has 12 nitrogen and oxygen atoms in total. The molecule has 666 valence electrons. The standard InChI is InChI=1S/C21H28N2.2C21H26N2.C15H24N2.C11H24N2.C11H22N2.BF3.3ClH.FH/c3*1-14-9-16(3)20(17(4)10-14)22-7-8-23(13-22)21-18(5)11-15(2)12-19(21)6;1-14(2,3)16-11-17(15(4,5)6)13-10-8-7-9-12(13)16;2*1-10(2,3)12-7-8-13(9-12)11(4,5)6;2-1(3)4;;;;/h9-12H,7-8,13H2,1-6H3;2*7-12H,13H2,1-6H3;7-10H,11H2,1-6H3;7-9H2,1-6H3;7-8H,9H2,1-6H3;;4*1H/p-3. The minimum Gasteiger partial charge on any atom is -1.00 e. The molecule has 0 aliphatic carbocycles. The fourth-order valence-corrected chi connectivity index (χ4v) is 17.7. The molecule has 0 aromatic heterocycles. The lowest BCUT2D eigenvalue weighted by Gasteiger charge is -2.38. The number of fused-ring (bicyclic) bond motifs is 1. The molecule has 13 rings (SSSR count). The van der Waals surface area contributed by atoms with Gasteiger partial charge in [0.15, 0.2) is 12.4 Å². The largest absolute Gasteiger partial charge is 1.00 e. The molecule has 20 heteroatoms. The van der Waals surface area contributed by atoms with Crippen LogP contribution in [0.3, 0.4) is 0 Å². The molecule has 7 aromatic carbocycles. The summed E-state index contributed by atoms with van der Waals surface area (Å²) in [7, 11) is -3.67. The molecule has 1 N–H and O–H groups in total. The summed E-state index contributed by atoms with van der Waals surface area (Å²) in [5, 5.41) is 0. The third-order valence-electron chi connectivity index (χ3n) is 22.9. The van der Waals surface area contributed by atoms with Gasteiger partial charge in [0.2, 0.25) is 0 Å². The number of para-hydroxylation sites is 2. The highest BCUT2D eigenvalue weighted by molar-refractivity contribution is 6.33. The molecule has 120 heavy (non-hydrogen) atoms. The topological polar surface area (TPSA) is 40.1 Å². The number of rotatable bonds is 6. The minimum atomic E-state index is -3.67. The molecule has 0 radical (unpaired) electrons. The Bertz CT molecular complexity index is 4060. The zero-order valence-electron chi connectivity index (χ0n) is 80.4. The zero-order valence-corrected chi connectivity index (χ0v) is 82.7. The van der Waals surface area contributed by atoms with Crippen molar-refractivity contribution in [3.8, 4) is 0 Å². The van der Waals surface area contributed by atoms with Crippen LogP contribution in [0.2, 0.25) is 0 Å². The molecule has 6 heterocycles. The lowest BCUT2D eigenvalue weighted by Crippen LogP contribution is -3.14. The van der Waals surface area contributed by atoms with E-state index in [1.54, 1.807) is 4.90 Å². The maximum absolute atomic E-state index is 9.67. The lowest BCUT2D eigenvalue weighted by atomic mass is 10.0. The second-order valence-electron chi connectivity index (χ2n) is 39.9. The molecule has 7 aromatic rings. The van der Waals surface area contributed by atoms with Crippen LogP contribution in [-0.4, -0.2) is 127 Å². The first kappa shape index (κ1) is 107. The van der Waals surface area contributed by atoms with E-state index < -0.39 is 7.54 Å². The molecule has 0 bridgehead atoms. The van der Waals surface area contributed by atoms with Gasteiger partial charge in [-0.25, -0.2) is 0 Å². The van der Waals surface area contributed by atoms with Crippen LogP contribution in [0.1, 0.15) is 225 Å². The number of nitrogens with one attached hydrogen (secondary N) is 1. The predicted molar refractivity (Wildman–Crippen MR) is 499 cm³/mol. The fourth-order valence-electron chi connectivity index (χ4n) is 17.7. The summed E-state index contributed by atoms with van der Waals surface area (Å²) < 4.78 is 29.0. The molecule has 0 spiro atoms. The Kier molecular flexibility index (Phi) is 38.4. The van der Waals surface area contributed by atoms with Gasteiger partial charge in [-0.3, -0.25) is 27.6 Å². The number of nitrogens with zero attached hydrogens (tertiary/aromatic N) is 11. The number of quaternary nitrogens is 1. The molecule has 1 unspecified atom stereocenters. The molecular weight excluding hydrogens is 1560 g/mol. The number of anilines is 7. The molecule has 1 atom stereocenters. The number of halogens is 7. The number of hydrogen-bond donors (Lipinski definition) is 1. The second kappa shape index (κ2) is 43.2. The zero-order chi connectivity index (χ0) is 87.1. The van der Waals surface area contributed by atoms with Crippen molar-refractivity contribution in [2.24, 2.45) is 0 Å². The Labute approximate surface area is 745 Å². The van der Waals surface area contributed by atoms with Gasteiger partial charge in [0, 0.05) is 131 Å². The van der Waals surface area contributed by atoms with Crippen molar-refractivity contribution in [1.29, 1.82) is 0 Å². The first-order valence-electron chi connectivity index (χ1n) is 42.2. The molecule has 6 aliphatic heterocycles. The predicted octanol–water partition coefficient (Wildman–Crippen LogP) is 11.7. The highest BCUT2D eigenvalue weighted by atomic mass is 35.5. The number of hydrogen-bond acceptors (Lipinski definition) is 11. The van der Waals surface area contributed by atoms with Crippen molar-refractivity contribution < 1.29 is 59.8 Å². The van der Waals surface area contributed by atoms with Gasteiger partial charge in [-0.05, 0) is 322 Å². The molecule has 2 fully saturated rings. The summed E-state index contributed by atoms with van der Waals surface area (Å²) in [6.45, 7) is 91.1. The molecule has 6 aliphatic rings. The smallest absolute Gasteiger partial charge is 0.762 e. The van der Waals surface area contributed by atoms with Crippen LogP contribution in [0.15, 0.2) is 134 Å². The van der Waals surface area contributed by atoms with E-state index in [0.717, 1.165) is 53.1 Å². The maximum Gasteiger partial charge on any atom is 0.762 e. The summed E-state index contributed by atoms with van der Waals surface area (Å²) in [6.07, 6.45) is 13.2. The van der Waals surface area contributed by atoms with Crippen LogP contribution in [-0.2, 0) is 0 Å². The Morgan fingerprint density at radius 3 is 0.742 bits per heavy atom. The quantitative estimate of drug-likeness (QED) is 0.128. The van der Waals surface area contributed by atoms with E-state index >= 15 is 0 Å². The third kappa shape index (κ3) is 28.3. The molecule has 0 amide bonds. The summed E-state index contributed by atoms with van der Waals surface area (Å²) in [6, 6.07) is 36.1. The molecule has 0 saturated carbocycles. The van der Waals surface area contributed by atoms with E-state index in [1.807, 2.05) is 0 Å². The Morgan fingerprint density at radius 2 is 0.533 bits per heavy atom. The van der Waals surface area contributed by atoms with Crippen LogP contribution in [0.25, 0.3) is 0 Å². The van der Waals surface area contributed by atoms with Gasteiger partial charge < -0.3 is 86.0 Å². The van der Waals surface area contributed by atoms with E-state index in [1.165, 1.54) is 159 Å². The van der Waals surface area contributed by atoms with E-state index in [4.69, 9.17) is 0 Å². The maximum atomic E-state index is 9.67. The monoisotopic (exact) mass is 1710 g/mol.